The summed E-state index contributed by atoms with van der Waals surface area (Å²) in [4.78, 5) is 2.26. The van der Waals surface area contributed by atoms with E-state index >= 15 is 0 Å². The normalized spacial score (nSPS) is 14.5. The zero-order valence-electron chi connectivity index (χ0n) is 11.6. The quantitative estimate of drug-likeness (QED) is 0.837. The van der Waals surface area contributed by atoms with Gasteiger partial charge in [-0.3, -0.25) is 4.90 Å². The lowest BCUT2D eigenvalue weighted by Gasteiger charge is -2.33. The van der Waals surface area contributed by atoms with Gasteiger partial charge in [0.05, 0.1) is 6.07 Å². The summed E-state index contributed by atoms with van der Waals surface area (Å²) in [6.07, 6.45) is 1.06. The van der Waals surface area contributed by atoms with Gasteiger partial charge in [-0.1, -0.05) is 37.3 Å². The second-order valence-corrected chi connectivity index (χ2v) is 5.01. The van der Waals surface area contributed by atoms with E-state index in [1.54, 1.807) is 0 Å². The average molecular weight is 245 g/mol. The second kappa shape index (κ2) is 6.53. The van der Waals surface area contributed by atoms with E-state index in [9.17, 15) is 5.26 Å². The lowest BCUT2D eigenvalue weighted by atomic mass is 9.91. The SMILES string of the molecule is CCCN(CC(N)(C#N)c1ccccc1)C(C)C. The molecule has 1 aromatic carbocycles. The first kappa shape index (κ1) is 14.7. The molecule has 0 aliphatic rings. The number of nitrogens with zero attached hydrogens (tertiary/aromatic N) is 2. The lowest BCUT2D eigenvalue weighted by molar-refractivity contribution is 0.190. The number of nitriles is 1. The van der Waals surface area contributed by atoms with Gasteiger partial charge in [-0.15, -0.1) is 0 Å². The van der Waals surface area contributed by atoms with Crippen LogP contribution in [0, 0.1) is 11.3 Å². The lowest BCUT2D eigenvalue weighted by Crippen LogP contribution is -2.49. The van der Waals surface area contributed by atoms with Crippen molar-refractivity contribution in [3.8, 4) is 6.07 Å². The summed E-state index contributed by atoms with van der Waals surface area (Å²) < 4.78 is 0. The van der Waals surface area contributed by atoms with Crippen molar-refractivity contribution >= 4 is 0 Å². The molecule has 2 N–H and O–H groups in total. The molecule has 0 spiro atoms. The van der Waals surface area contributed by atoms with Crippen LogP contribution in [0.4, 0.5) is 0 Å². The highest BCUT2D eigenvalue weighted by Crippen LogP contribution is 2.20. The van der Waals surface area contributed by atoms with Crippen molar-refractivity contribution in [3.63, 3.8) is 0 Å². The van der Waals surface area contributed by atoms with Crippen molar-refractivity contribution in [1.29, 1.82) is 5.26 Å². The molecule has 3 heteroatoms. The third kappa shape index (κ3) is 3.56. The molecule has 0 radical (unpaired) electrons. The van der Waals surface area contributed by atoms with Crippen molar-refractivity contribution < 1.29 is 0 Å². The second-order valence-electron chi connectivity index (χ2n) is 5.01. The fraction of sp³-hybridized carbons (Fsp3) is 0.533. The predicted molar refractivity (Wildman–Crippen MR) is 74.9 cm³/mol. The minimum atomic E-state index is -0.930. The van der Waals surface area contributed by atoms with Gasteiger partial charge in [0.15, 0.2) is 0 Å². The summed E-state index contributed by atoms with van der Waals surface area (Å²) in [5.74, 6) is 0. The van der Waals surface area contributed by atoms with Crippen LogP contribution in [0.25, 0.3) is 0 Å². The van der Waals surface area contributed by atoms with Crippen molar-refractivity contribution in [3.05, 3.63) is 35.9 Å². The fourth-order valence-electron chi connectivity index (χ4n) is 2.05. The molecule has 0 heterocycles. The van der Waals surface area contributed by atoms with Crippen molar-refractivity contribution in [2.75, 3.05) is 13.1 Å². The van der Waals surface area contributed by atoms with E-state index in [0.29, 0.717) is 12.6 Å². The van der Waals surface area contributed by atoms with E-state index in [1.165, 1.54) is 0 Å². The van der Waals surface area contributed by atoms with E-state index < -0.39 is 5.54 Å². The van der Waals surface area contributed by atoms with Crippen molar-refractivity contribution in [2.45, 2.75) is 38.8 Å². The molecule has 98 valence electrons. The number of nitrogens with two attached hydrogens (primary N) is 1. The Morgan fingerprint density at radius 3 is 2.39 bits per heavy atom. The Balaban J connectivity index is 2.92. The predicted octanol–water partition coefficient (Wildman–Crippen LogP) is 2.48. The van der Waals surface area contributed by atoms with Gasteiger partial charge in [-0.05, 0) is 32.4 Å². The molecule has 1 unspecified atom stereocenters. The van der Waals surface area contributed by atoms with Gasteiger partial charge in [0.25, 0.3) is 0 Å². The summed E-state index contributed by atoms with van der Waals surface area (Å²) in [6, 6.07) is 12.3. The van der Waals surface area contributed by atoms with Gasteiger partial charge in [0, 0.05) is 12.6 Å². The number of hydrogen-bond acceptors (Lipinski definition) is 3. The molecule has 3 nitrogen and oxygen atoms in total. The maximum absolute atomic E-state index is 9.44. The highest BCUT2D eigenvalue weighted by Gasteiger charge is 2.30. The van der Waals surface area contributed by atoms with Crippen LogP contribution >= 0.6 is 0 Å². The molecule has 0 aliphatic carbocycles. The van der Waals surface area contributed by atoms with Crippen LogP contribution in [0.3, 0.4) is 0 Å². The molecule has 1 rings (SSSR count). The summed E-state index contributed by atoms with van der Waals surface area (Å²) in [5.41, 5.74) is 6.24. The molecule has 0 aliphatic heterocycles. The Labute approximate surface area is 110 Å². The van der Waals surface area contributed by atoms with Crippen LogP contribution in [-0.2, 0) is 5.54 Å². The molecule has 1 aromatic rings. The Morgan fingerprint density at radius 1 is 1.33 bits per heavy atom. The number of rotatable bonds is 6. The van der Waals surface area contributed by atoms with Crippen LogP contribution in [-0.4, -0.2) is 24.0 Å². The highest BCUT2D eigenvalue weighted by molar-refractivity contribution is 5.31. The highest BCUT2D eigenvalue weighted by atomic mass is 15.2. The summed E-state index contributed by atoms with van der Waals surface area (Å²) >= 11 is 0. The summed E-state index contributed by atoms with van der Waals surface area (Å²) in [6.45, 7) is 7.95. The molecule has 0 saturated heterocycles. The molecule has 0 aromatic heterocycles. The van der Waals surface area contributed by atoms with Crippen molar-refractivity contribution in [1.82, 2.24) is 4.90 Å². The zero-order valence-corrected chi connectivity index (χ0v) is 11.6. The van der Waals surface area contributed by atoms with Gasteiger partial charge in [-0.25, -0.2) is 0 Å². The maximum Gasteiger partial charge on any atom is 0.142 e. The van der Waals surface area contributed by atoms with Gasteiger partial charge < -0.3 is 5.73 Å². The largest absolute Gasteiger partial charge is 0.309 e. The van der Waals surface area contributed by atoms with E-state index in [0.717, 1.165) is 18.5 Å². The van der Waals surface area contributed by atoms with Gasteiger partial charge in [-0.2, -0.15) is 5.26 Å². The van der Waals surface area contributed by atoms with Crippen LogP contribution < -0.4 is 5.73 Å². The van der Waals surface area contributed by atoms with Crippen LogP contribution in [0.5, 0.6) is 0 Å². The molecule has 0 amide bonds. The Hall–Kier alpha value is -1.37. The Morgan fingerprint density at radius 2 is 1.94 bits per heavy atom. The smallest absolute Gasteiger partial charge is 0.142 e. The molecule has 0 bridgehead atoms. The van der Waals surface area contributed by atoms with Crippen LogP contribution in [0.15, 0.2) is 30.3 Å². The molecule has 0 saturated carbocycles. The minimum absolute atomic E-state index is 0.393. The average Bonchev–Trinajstić information content (AvgIpc) is 2.39. The maximum atomic E-state index is 9.44. The van der Waals surface area contributed by atoms with E-state index in [4.69, 9.17) is 5.73 Å². The first-order valence-electron chi connectivity index (χ1n) is 6.53. The van der Waals surface area contributed by atoms with E-state index in [1.807, 2.05) is 30.3 Å². The van der Waals surface area contributed by atoms with Gasteiger partial charge >= 0.3 is 0 Å². The van der Waals surface area contributed by atoms with E-state index in [2.05, 4.69) is 31.7 Å². The monoisotopic (exact) mass is 245 g/mol. The zero-order chi connectivity index (χ0) is 13.6. The van der Waals surface area contributed by atoms with Gasteiger partial charge in [0.2, 0.25) is 0 Å². The Kier molecular flexibility index (Phi) is 5.33. The number of hydrogen-bond donors (Lipinski definition) is 1. The molecule has 0 fully saturated rings. The first-order chi connectivity index (χ1) is 8.53. The fourth-order valence-corrected chi connectivity index (χ4v) is 2.05. The topological polar surface area (TPSA) is 53.0 Å². The summed E-state index contributed by atoms with van der Waals surface area (Å²) in [7, 11) is 0. The minimum Gasteiger partial charge on any atom is -0.309 e. The van der Waals surface area contributed by atoms with Gasteiger partial charge in [0.1, 0.15) is 5.54 Å². The van der Waals surface area contributed by atoms with Crippen molar-refractivity contribution in [2.24, 2.45) is 5.73 Å². The third-order valence-electron chi connectivity index (χ3n) is 3.18. The molecule has 18 heavy (non-hydrogen) atoms. The van der Waals surface area contributed by atoms with E-state index in [-0.39, 0.29) is 0 Å². The molecular formula is C15H23N3. The standard InChI is InChI=1S/C15H23N3/c1-4-10-18(13(2)3)12-15(17,11-16)14-8-6-5-7-9-14/h5-9,13H,4,10,12,17H2,1-3H3. The molecule has 1 atom stereocenters. The third-order valence-corrected chi connectivity index (χ3v) is 3.18. The first-order valence-corrected chi connectivity index (χ1v) is 6.53. The number of benzene rings is 1. The summed E-state index contributed by atoms with van der Waals surface area (Å²) in [5, 5.41) is 9.44. The van der Waals surface area contributed by atoms with Crippen LogP contribution in [0.2, 0.25) is 0 Å². The molecular weight excluding hydrogens is 222 g/mol. The Bertz CT molecular complexity index is 394. The van der Waals surface area contributed by atoms with Crippen LogP contribution in [0.1, 0.15) is 32.8 Å².